The van der Waals surface area contributed by atoms with Crippen LogP contribution in [0.4, 0.5) is 0 Å². The number of hydrogen-bond donors (Lipinski definition) is 2. The van der Waals surface area contributed by atoms with Crippen molar-refractivity contribution < 1.29 is 0 Å². The molecular formula is C11H13Cl2NS. The summed E-state index contributed by atoms with van der Waals surface area (Å²) in [5, 5.41) is 5.07. The van der Waals surface area contributed by atoms with Crippen molar-refractivity contribution in [2.24, 2.45) is 0 Å². The molecule has 0 bridgehead atoms. The van der Waals surface area contributed by atoms with E-state index >= 15 is 0 Å². The number of thiol groups is 1. The molecule has 0 saturated heterocycles. The number of nitrogens with one attached hydrogen (secondary N) is 1. The van der Waals surface area contributed by atoms with Crippen molar-refractivity contribution in [3.05, 3.63) is 45.1 Å². The van der Waals surface area contributed by atoms with Crippen LogP contribution in [0.3, 0.4) is 0 Å². The van der Waals surface area contributed by atoms with Crippen LogP contribution in [0.25, 0.3) is 0 Å². The second-order valence-corrected chi connectivity index (χ2v) is 4.33. The van der Waals surface area contributed by atoms with Gasteiger partial charge < -0.3 is 5.32 Å². The lowest BCUT2D eigenvalue weighted by Crippen LogP contribution is -2.10. The monoisotopic (exact) mass is 261 g/mol. The third kappa shape index (κ3) is 3.98. The molecule has 0 amide bonds. The predicted octanol–water partition coefficient (Wildman–Crippen LogP) is 4.29. The number of allylic oxidation sites excluding steroid dienone is 6. The Morgan fingerprint density at radius 3 is 3.00 bits per heavy atom. The first-order chi connectivity index (χ1) is 7.15. The SMILES string of the molecule is CC/C=C(/S)NC1=C(Cl)C=CCC=C1Cl. The largest absolute Gasteiger partial charge is 0.348 e. The molecule has 1 nitrogen and oxygen atoms in total. The van der Waals surface area contributed by atoms with E-state index in [1.807, 2.05) is 31.2 Å². The maximum absolute atomic E-state index is 6.08. The van der Waals surface area contributed by atoms with Crippen LogP contribution < -0.4 is 5.32 Å². The minimum Gasteiger partial charge on any atom is -0.348 e. The zero-order valence-electron chi connectivity index (χ0n) is 8.43. The number of rotatable bonds is 3. The molecule has 0 heterocycles. The molecule has 0 saturated carbocycles. The molecule has 0 unspecified atom stereocenters. The minimum atomic E-state index is 0.602. The van der Waals surface area contributed by atoms with E-state index in [0.29, 0.717) is 15.8 Å². The van der Waals surface area contributed by atoms with Crippen molar-refractivity contribution in [3.63, 3.8) is 0 Å². The Kier molecular flexibility index (Phi) is 5.37. The van der Waals surface area contributed by atoms with Crippen LogP contribution in [0.15, 0.2) is 45.1 Å². The fourth-order valence-corrected chi connectivity index (χ4v) is 1.95. The van der Waals surface area contributed by atoms with E-state index in [0.717, 1.165) is 17.9 Å². The number of halogens is 2. The topological polar surface area (TPSA) is 12.0 Å². The van der Waals surface area contributed by atoms with E-state index in [4.69, 9.17) is 23.2 Å². The first kappa shape index (κ1) is 12.8. The molecule has 0 fully saturated rings. The fourth-order valence-electron chi connectivity index (χ4n) is 1.13. The van der Waals surface area contributed by atoms with Crippen LogP contribution in [0.1, 0.15) is 19.8 Å². The average Bonchev–Trinajstić information content (AvgIpc) is 2.33. The van der Waals surface area contributed by atoms with E-state index in [1.165, 1.54) is 0 Å². The summed E-state index contributed by atoms with van der Waals surface area (Å²) in [6.07, 6.45) is 9.36. The number of hydrogen-bond acceptors (Lipinski definition) is 2. The third-order valence-electron chi connectivity index (χ3n) is 1.83. The zero-order valence-corrected chi connectivity index (χ0v) is 10.8. The van der Waals surface area contributed by atoms with Gasteiger partial charge in [-0.25, -0.2) is 0 Å². The maximum Gasteiger partial charge on any atom is 0.0763 e. The van der Waals surface area contributed by atoms with E-state index in [1.54, 1.807) is 0 Å². The highest BCUT2D eigenvalue weighted by Gasteiger charge is 2.09. The normalized spacial score (nSPS) is 17.6. The lowest BCUT2D eigenvalue weighted by Gasteiger charge is -2.10. The van der Waals surface area contributed by atoms with Crippen molar-refractivity contribution in [2.45, 2.75) is 19.8 Å². The van der Waals surface area contributed by atoms with Crippen molar-refractivity contribution in [3.8, 4) is 0 Å². The molecule has 4 heteroatoms. The Morgan fingerprint density at radius 1 is 1.60 bits per heavy atom. The molecule has 0 spiro atoms. The van der Waals surface area contributed by atoms with Gasteiger partial charge in [-0.15, -0.1) is 12.6 Å². The molecule has 0 aromatic heterocycles. The molecule has 0 aliphatic heterocycles. The van der Waals surface area contributed by atoms with Gasteiger partial charge in [0, 0.05) is 0 Å². The molecule has 15 heavy (non-hydrogen) atoms. The summed E-state index contributed by atoms with van der Waals surface area (Å²) >= 11 is 16.4. The van der Waals surface area contributed by atoms with Crippen LogP contribution in [0.2, 0.25) is 0 Å². The van der Waals surface area contributed by atoms with Gasteiger partial charge in [-0.1, -0.05) is 48.4 Å². The molecule has 0 radical (unpaired) electrons. The van der Waals surface area contributed by atoms with Gasteiger partial charge in [0.15, 0.2) is 0 Å². The van der Waals surface area contributed by atoms with Gasteiger partial charge in [0.05, 0.1) is 20.8 Å². The summed E-state index contributed by atoms with van der Waals surface area (Å²) in [4.78, 5) is 0. The Labute approximate surface area is 106 Å². The van der Waals surface area contributed by atoms with Crippen molar-refractivity contribution in [1.29, 1.82) is 0 Å². The van der Waals surface area contributed by atoms with Crippen molar-refractivity contribution in [1.82, 2.24) is 5.32 Å². The smallest absolute Gasteiger partial charge is 0.0763 e. The highest BCUT2D eigenvalue weighted by atomic mass is 35.5. The van der Waals surface area contributed by atoms with Crippen LogP contribution in [-0.2, 0) is 0 Å². The third-order valence-corrected chi connectivity index (χ3v) is 2.78. The predicted molar refractivity (Wildman–Crippen MR) is 71.1 cm³/mol. The first-order valence-electron chi connectivity index (χ1n) is 4.73. The quantitative estimate of drug-likeness (QED) is 0.723. The van der Waals surface area contributed by atoms with Crippen molar-refractivity contribution in [2.75, 3.05) is 0 Å². The lowest BCUT2D eigenvalue weighted by atomic mass is 10.3. The molecular weight excluding hydrogens is 249 g/mol. The second-order valence-electron chi connectivity index (χ2n) is 3.04. The van der Waals surface area contributed by atoms with Gasteiger partial charge in [0.2, 0.25) is 0 Å². The fraction of sp³-hybridized carbons (Fsp3) is 0.273. The first-order valence-corrected chi connectivity index (χ1v) is 5.94. The van der Waals surface area contributed by atoms with Gasteiger partial charge in [0.1, 0.15) is 0 Å². The zero-order chi connectivity index (χ0) is 11.3. The highest BCUT2D eigenvalue weighted by Crippen LogP contribution is 2.25. The van der Waals surface area contributed by atoms with E-state index in [-0.39, 0.29) is 0 Å². The van der Waals surface area contributed by atoms with E-state index in [9.17, 15) is 0 Å². The lowest BCUT2D eigenvalue weighted by molar-refractivity contribution is 1.05. The van der Waals surface area contributed by atoms with Gasteiger partial charge in [0.25, 0.3) is 0 Å². The highest BCUT2D eigenvalue weighted by molar-refractivity contribution is 7.84. The second kappa shape index (κ2) is 6.31. The Balaban J connectivity index is 2.90. The molecule has 82 valence electrons. The van der Waals surface area contributed by atoms with Gasteiger partial charge >= 0.3 is 0 Å². The minimum absolute atomic E-state index is 0.602. The summed E-state index contributed by atoms with van der Waals surface area (Å²) in [5.74, 6) is 0. The van der Waals surface area contributed by atoms with Crippen LogP contribution in [-0.4, -0.2) is 0 Å². The van der Waals surface area contributed by atoms with Gasteiger partial charge in [-0.2, -0.15) is 0 Å². The summed E-state index contributed by atoms with van der Waals surface area (Å²) in [6, 6.07) is 0. The summed E-state index contributed by atoms with van der Waals surface area (Å²) < 4.78 is 0. The van der Waals surface area contributed by atoms with E-state index < -0.39 is 0 Å². The summed E-state index contributed by atoms with van der Waals surface area (Å²) in [7, 11) is 0. The Hall–Kier alpha value is -0.310. The van der Waals surface area contributed by atoms with Crippen molar-refractivity contribution >= 4 is 35.8 Å². The molecule has 1 rings (SSSR count). The van der Waals surface area contributed by atoms with Crippen LogP contribution >= 0.6 is 35.8 Å². The van der Waals surface area contributed by atoms with Gasteiger partial charge in [-0.05, 0) is 18.9 Å². The average molecular weight is 262 g/mol. The maximum atomic E-state index is 6.08. The van der Waals surface area contributed by atoms with Crippen LogP contribution in [0, 0.1) is 0 Å². The standard InChI is InChI=1S/C11H13Cl2NS/c1-2-5-10(15)14-11-8(12)6-3-4-7-9(11)13/h3,5-7,14-15H,2,4H2,1H3/b10-5+. The summed E-state index contributed by atoms with van der Waals surface area (Å²) in [5.41, 5.74) is 0.710. The molecule has 1 aliphatic rings. The molecule has 1 aliphatic carbocycles. The molecule has 0 atom stereocenters. The molecule has 0 aromatic rings. The molecule has 1 N–H and O–H groups in total. The Bertz CT molecular complexity index is 354. The van der Waals surface area contributed by atoms with Crippen LogP contribution in [0.5, 0.6) is 0 Å². The van der Waals surface area contributed by atoms with Gasteiger partial charge in [-0.3, -0.25) is 0 Å². The summed E-state index contributed by atoms with van der Waals surface area (Å²) in [6.45, 7) is 2.04. The van der Waals surface area contributed by atoms with E-state index in [2.05, 4.69) is 17.9 Å². The molecule has 0 aromatic carbocycles. The Morgan fingerprint density at radius 2 is 2.33 bits per heavy atom.